The average molecular weight is 270 g/mol. The largest absolute Gasteiger partial charge is 0.396 e. The van der Waals surface area contributed by atoms with Crippen LogP contribution in [0.3, 0.4) is 0 Å². The molecule has 2 rings (SSSR count). The van der Waals surface area contributed by atoms with Crippen molar-refractivity contribution in [3.05, 3.63) is 0 Å². The third kappa shape index (κ3) is 5.03. The maximum Gasteiger partial charge on any atom is 0.0558 e. The lowest BCUT2D eigenvalue weighted by Crippen LogP contribution is -2.51. The SMILES string of the molecule is OCCCC1CC(NCC2CCC2)CN(CCO)C1. The van der Waals surface area contributed by atoms with E-state index < -0.39 is 0 Å². The van der Waals surface area contributed by atoms with Gasteiger partial charge in [-0.2, -0.15) is 0 Å². The lowest BCUT2D eigenvalue weighted by molar-refractivity contribution is 0.104. The molecule has 1 aliphatic heterocycles. The molecule has 1 saturated heterocycles. The van der Waals surface area contributed by atoms with Crippen LogP contribution in [-0.2, 0) is 0 Å². The summed E-state index contributed by atoms with van der Waals surface area (Å²) in [6.45, 7) is 4.67. The lowest BCUT2D eigenvalue weighted by atomic mass is 9.84. The number of nitrogens with zero attached hydrogens (tertiary/aromatic N) is 1. The van der Waals surface area contributed by atoms with E-state index in [1.54, 1.807) is 0 Å². The summed E-state index contributed by atoms with van der Waals surface area (Å²) < 4.78 is 0. The first-order valence-corrected chi connectivity index (χ1v) is 7.99. The van der Waals surface area contributed by atoms with Gasteiger partial charge in [-0.15, -0.1) is 0 Å². The molecule has 1 aliphatic carbocycles. The minimum absolute atomic E-state index is 0.252. The van der Waals surface area contributed by atoms with Crippen LogP contribution in [0.4, 0.5) is 0 Å². The molecule has 0 amide bonds. The van der Waals surface area contributed by atoms with Crippen LogP contribution in [0.1, 0.15) is 38.5 Å². The highest BCUT2D eigenvalue weighted by Gasteiger charge is 2.27. The minimum atomic E-state index is 0.252. The van der Waals surface area contributed by atoms with Crippen LogP contribution in [0.25, 0.3) is 0 Å². The highest BCUT2D eigenvalue weighted by molar-refractivity contribution is 4.85. The van der Waals surface area contributed by atoms with Crippen molar-refractivity contribution in [3.63, 3.8) is 0 Å². The quantitative estimate of drug-likeness (QED) is 0.611. The molecule has 4 heteroatoms. The van der Waals surface area contributed by atoms with E-state index in [4.69, 9.17) is 10.2 Å². The Kier molecular flexibility index (Phi) is 6.57. The number of β-amino-alcohol motifs (C(OH)–C–C–N with tert-alkyl or cyclic N) is 1. The summed E-state index contributed by atoms with van der Waals surface area (Å²) in [5, 5.41) is 21.8. The Bertz CT molecular complexity index is 246. The molecule has 0 spiro atoms. The number of piperidine rings is 1. The summed E-state index contributed by atoms with van der Waals surface area (Å²) >= 11 is 0. The van der Waals surface area contributed by atoms with Crippen LogP contribution in [0.5, 0.6) is 0 Å². The molecule has 2 unspecified atom stereocenters. The predicted octanol–water partition coefficient (Wildman–Crippen LogP) is 0.831. The van der Waals surface area contributed by atoms with Gasteiger partial charge in [0.2, 0.25) is 0 Å². The van der Waals surface area contributed by atoms with Crippen molar-refractivity contribution in [1.82, 2.24) is 10.2 Å². The van der Waals surface area contributed by atoms with Gasteiger partial charge in [0.1, 0.15) is 0 Å². The van der Waals surface area contributed by atoms with Gasteiger partial charge in [-0.25, -0.2) is 0 Å². The molecule has 1 saturated carbocycles. The normalized spacial score (nSPS) is 29.4. The Morgan fingerprint density at radius 3 is 2.53 bits per heavy atom. The van der Waals surface area contributed by atoms with E-state index in [-0.39, 0.29) is 6.61 Å². The summed E-state index contributed by atoms with van der Waals surface area (Å²) in [6.07, 6.45) is 7.45. The summed E-state index contributed by atoms with van der Waals surface area (Å²) in [7, 11) is 0. The Balaban J connectivity index is 1.75. The molecule has 1 heterocycles. The Labute approximate surface area is 117 Å². The van der Waals surface area contributed by atoms with Gasteiger partial charge in [-0.1, -0.05) is 6.42 Å². The topological polar surface area (TPSA) is 55.7 Å². The van der Waals surface area contributed by atoms with Crippen molar-refractivity contribution in [2.45, 2.75) is 44.6 Å². The van der Waals surface area contributed by atoms with Crippen molar-refractivity contribution in [2.24, 2.45) is 11.8 Å². The number of aliphatic hydroxyl groups is 2. The van der Waals surface area contributed by atoms with Gasteiger partial charge in [0.15, 0.2) is 0 Å². The fourth-order valence-electron chi connectivity index (χ4n) is 3.39. The maximum atomic E-state index is 9.13. The third-order valence-corrected chi connectivity index (χ3v) is 4.72. The third-order valence-electron chi connectivity index (χ3n) is 4.72. The monoisotopic (exact) mass is 270 g/mol. The van der Waals surface area contributed by atoms with Gasteiger partial charge >= 0.3 is 0 Å². The van der Waals surface area contributed by atoms with Crippen LogP contribution in [-0.4, -0.2) is 60.5 Å². The molecule has 2 fully saturated rings. The van der Waals surface area contributed by atoms with Gasteiger partial charge in [0.25, 0.3) is 0 Å². The van der Waals surface area contributed by atoms with E-state index in [1.807, 2.05) is 0 Å². The van der Waals surface area contributed by atoms with E-state index in [0.29, 0.717) is 18.6 Å². The second-order valence-electron chi connectivity index (χ2n) is 6.35. The average Bonchev–Trinajstić information content (AvgIpc) is 2.35. The Morgan fingerprint density at radius 1 is 1.05 bits per heavy atom. The number of aliphatic hydroxyl groups excluding tert-OH is 2. The second-order valence-corrected chi connectivity index (χ2v) is 6.35. The van der Waals surface area contributed by atoms with Crippen molar-refractivity contribution < 1.29 is 10.2 Å². The maximum absolute atomic E-state index is 9.13. The smallest absolute Gasteiger partial charge is 0.0558 e. The zero-order chi connectivity index (χ0) is 13.5. The van der Waals surface area contributed by atoms with Gasteiger partial charge in [-0.05, 0) is 50.5 Å². The van der Waals surface area contributed by atoms with E-state index in [0.717, 1.165) is 38.4 Å². The molecule has 3 N–H and O–H groups in total. The molecule has 2 aliphatic rings. The number of hydrogen-bond donors (Lipinski definition) is 3. The van der Waals surface area contributed by atoms with E-state index in [1.165, 1.54) is 32.2 Å². The second kappa shape index (κ2) is 8.20. The number of rotatable bonds is 8. The molecular formula is C15H30N2O2. The highest BCUT2D eigenvalue weighted by atomic mass is 16.3. The van der Waals surface area contributed by atoms with Gasteiger partial charge in [-0.3, -0.25) is 4.90 Å². The van der Waals surface area contributed by atoms with Crippen LogP contribution in [0.15, 0.2) is 0 Å². The van der Waals surface area contributed by atoms with Crippen LogP contribution in [0, 0.1) is 11.8 Å². The standard InChI is InChI=1S/C15H30N2O2/c18-7-2-5-14-9-15(12-17(11-14)6-8-19)16-10-13-3-1-4-13/h13-16,18-19H,1-12H2. The number of likely N-dealkylation sites (tertiary alicyclic amines) is 1. The van der Waals surface area contributed by atoms with E-state index in [2.05, 4.69) is 10.2 Å². The van der Waals surface area contributed by atoms with Crippen LogP contribution < -0.4 is 5.32 Å². The zero-order valence-corrected chi connectivity index (χ0v) is 12.1. The summed E-state index contributed by atoms with van der Waals surface area (Å²) in [6, 6.07) is 0.574. The Morgan fingerprint density at radius 2 is 1.89 bits per heavy atom. The van der Waals surface area contributed by atoms with Gasteiger partial charge in [0, 0.05) is 32.3 Å². The first-order valence-electron chi connectivity index (χ1n) is 7.99. The first-order chi connectivity index (χ1) is 9.31. The van der Waals surface area contributed by atoms with Crippen LogP contribution >= 0.6 is 0 Å². The molecule has 0 aromatic carbocycles. The molecule has 2 atom stereocenters. The van der Waals surface area contributed by atoms with Gasteiger partial charge in [0.05, 0.1) is 6.61 Å². The molecule has 0 aromatic heterocycles. The predicted molar refractivity (Wildman–Crippen MR) is 77.1 cm³/mol. The Hall–Kier alpha value is -0.160. The molecule has 0 radical (unpaired) electrons. The zero-order valence-electron chi connectivity index (χ0n) is 12.1. The summed E-state index contributed by atoms with van der Waals surface area (Å²) in [4.78, 5) is 2.38. The molecule has 4 nitrogen and oxygen atoms in total. The minimum Gasteiger partial charge on any atom is -0.396 e. The highest BCUT2D eigenvalue weighted by Crippen LogP contribution is 2.26. The summed E-state index contributed by atoms with van der Waals surface area (Å²) in [5.41, 5.74) is 0. The van der Waals surface area contributed by atoms with E-state index in [9.17, 15) is 0 Å². The van der Waals surface area contributed by atoms with Crippen molar-refractivity contribution >= 4 is 0 Å². The molecule has 19 heavy (non-hydrogen) atoms. The lowest BCUT2D eigenvalue weighted by Gasteiger charge is -2.39. The van der Waals surface area contributed by atoms with Crippen molar-refractivity contribution in [1.29, 1.82) is 0 Å². The molecule has 0 bridgehead atoms. The van der Waals surface area contributed by atoms with Gasteiger partial charge < -0.3 is 15.5 Å². The number of nitrogens with one attached hydrogen (secondary N) is 1. The molecular weight excluding hydrogens is 240 g/mol. The molecule has 0 aromatic rings. The van der Waals surface area contributed by atoms with E-state index >= 15 is 0 Å². The summed E-state index contributed by atoms with van der Waals surface area (Å²) in [5.74, 6) is 1.58. The van der Waals surface area contributed by atoms with Crippen molar-refractivity contribution in [2.75, 3.05) is 39.4 Å². The molecule has 112 valence electrons. The fourth-order valence-corrected chi connectivity index (χ4v) is 3.39. The number of hydrogen-bond acceptors (Lipinski definition) is 4. The fraction of sp³-hybridized carbons (Fsp3) is 1.00. The van der Waals surface area contributed by atoms with Crippen molar-refractivity contribution in [3.8, 4) is 0 Å². The first kappa shape index (κ1) is 15.2. The van der Waals surface area contributed by atoms with Crippen LogP contribution in [0.2, 0.25) is 0 Å².